The zero-order chi connectivity index (χ0) is 20.3. The van der Waals surface area contributed by atoms with Crippen molar-refractivity contribution in [2.45, 2.75) is 12.8 Å². The van der Waals surface area contributed by atoms with Crippen molar-refractivity contribution >= 4 is 5.97 Å². The molecule has 0 atom stereocenters. The van der Waals surface area contributed by atoms with Crippen molar-refractivity contribution in [1.82, 2.24) is 4.98 Å². The second-order valence-corrected chi connectivity index (χ2v) is 5.88. The monoisotopic (exact) mass is 397 g/mol. The van der Waals surface area contributed by atoms with Crippen molar-refractivity contribution in [2.75, 3.05) is 0 Å². The van der Waals surface area contributed by atoms with Gasteiger partial charge in [-0.15, -0.1) is 13.2 Å². The van der Waals surface area contributed by atoms with Crippen LogP contribution in [-0.4, -0.2) is 17.3 Å². The molecule has 0 aliphatic heterocycles. The molecule has 0 saturated heterocycles. The minimum atomic E-state index is -4.83. The van der Waals surface area contributed by atoms with Crippen LogP contribution >= 0.6 is 0 Å². The van der Waals surface area contributed by atoms with Crippen molar-refractivity contribution in [2.24, 2.45) is 0 Å². The maximum absolute atomic E-state index is 14.5. The summed E-state index contributed by atoms with van der Waals surface area (Å²) < 4.78 is 55.5. The fraction of sp³-hybridized carbons (Fsp3) is 0.100. The number of carbonyl (C=O) groups excluding carboxylic acids is 1. The van der Waals surface area contributed by atoms with Crippen LogP contribution in [0.2, 0.25) is 0 Å². The Balaban J connectivity index is 0.00000300. The summed E-state index contributed by atoms with van der Waals surface area (Å²) in [5.74, 6) is -2.44. The molecular weight excluding hydrogens is 385 g/mol. The van der Waals surface area contributed by atoms with Gasteiger partial charge in [-0.3, -0.25) is 4.98 Å². The van der Waals surface area contributed by atoms with Crippen LogP contribution in [-0.2, 0) is 6.42 Å². The predicted molar refractivity (Wildman–Crippen MR) is 89.9 cm³/mol. The SMILES string of the molecule is O=C([O-])c1ccncc1Cc1ccc(-c2cccc(OC(F)(F)F)c2)cc1F.[Li+]. The van der Waals surface area contributed by atoms with E-state index in [9.17, 15) is 27.5 Å². The maximum Gasteiger partial charge on any atom is 1.00 e. The smallest absolute Gasteiger partial charge is 0.545 e. The van der Waals surface area contributed by atoms with Gasteiger partial charge in [0.15, 0.2) is 0 Å². The van der Waals surface area contributed by atoms with Crippen LogP contribution in [0, 0.1) is 5.82 Å². The van der Waals surface area contributed by atoms with Gasteiger partial charge in [-0.1, -0.05) is 24.3 Å². The second kappa shape index (κ2) is 9.12. The molecular formula is C20H12F4LiNO3. The number of ether oxygens (including phenoxy) is 1. The number of hydrogen-bond donors (Lipinski definition) is 0. The number of carboxylic acids is 1. The molecule has 0 spiro atoms. The van der Waals surface area contributed by atoms with Crippen LogP contribution in [0.4, 0.5) is 17.6 Å². The van der Waals surface area contributed by atoms with Gasteiger partial charge >= 0.3 is 25.2 Å². The fourth-order valence-electron chi connectivity index (χ4n) is 2.72. The third-order valence-electron chi connectivity index (χ3n) is 3.96. The number of benzene rings is 2. The molecule has 0 fully saturated rings. The van der Waals surface area contributed by atoms with Gasteiger partial charge in [0.2, 0.25) is 0 Å². The van der Waals surface area contributed by atoms with Gasteiger partial charge < -0.3 is 14.6 Å². The first kappa shape index (κ1) is 22.5. The zero-order valence-electron chi connectivity index (χ0n) is 15.2. The van der Waals surface area contributed by atoms with Gasteiger partial charge in [0.25, 0.3) is 0 Å². The normalized spacial score (nSPS) is 10.9. The van der Waals surface area contributed by atoms with Crippen molar-refractivity contribution < 1.29 is 51.1 Å². The van der Waals surface area contributed by atoms with Gasteiger partial charge in [0.1, 0.15) is 11.6 Å². The van der Waals surface area contributed by atoms with E-state index >= 15 is 0 Å². The molecule has 1 aromatic heterocycles. The molecule has 0 amide bonds. The Morgan fingerprint density at radius 3 is 2.41 bits per heavy atom. The van der Waals surface area contributed by atoms with Crippen LogP contribution in [0.1, 0.15) is 21.5 Å². The summed E-state index contributed by atoms with van der Waals surface area (Å²) in [5, 5.41) is 11.1. The average molecular weight is 397 g/mol. The van der Waals surface area contributed by atoms with E-state index in [0.717, 1.165) is 18.2 Å². The standard InChI is InChI=1S/C20H13F4NO3.Li/c21-18-10-13(12-2-1-3-16(9-12)28-20(22,23)24)4-5-14(18)8-15-11-25-7-6-17(15)19(26)27;/h1-7,9-11H,8H2,(H,26,27);/q;+1/p-1. The first-order chi connectivity index (χ1) is 13.2. The molecule has 3 aromatic rings. The molecule has 0 aliphatic carbocycles. The quantitative estimate of drug-likeness (QED) is 0.471. The Hall–Kier alpha value is -2.82. The van der Waals surface area contributed by atoms with Gasteiger partial charge in [-0.2, -0.15) is 0 Å². The molecule has 1 heterocycles. The molecule has 29 heavy (non-hydrogen) atoms. The number of aromatic carboxylic acids is 1. The molecule has 0 unspecified atom stereocenters. The minimum absolute atomic E-state index is 0. The van der Waals surface area contributed by atoms with E-state index in [4.69, 9.17) is 0 Å². The molecule has 0 N–H and O–H groups in total. The van der Waals surface area contributed by atoms with Crippen molar-refractivity contribution in [3.05, 3.63) is 83.4 Å². The van der Waals surface area contributed by atoms with E-state index in [1.165, 1.54) is 42.7 Å². The number of alkyl halides is 3. The zero-order valence-corrected chi connectivity index (χ0v) is 15.2. The van der Waals surface area contributed by atoms with Gasteiger partial charge in [-0.25, -0.2) is 4.39 Å². The molecule has 0 radical (unpaired) electrons. The maximum atomic E-state index is 14.5. The fourth-order valence-corrected chi connectivity index (χ4v) is 2.72. The number of aromatic nitrogens is 1. The summed E-state index contributed by atoms with van der Waals surface area (Å²) in [4.78, 5) is 15.0. The average Bonchev–Trinajstić information content (AvgIpc) is 2.62. The van der Waals surface area contributed by atoms with Crippen LogP contribution in [0.25, 0.3) is 11.1 Å². The Morgan fingerprint density at radius 1 is 1.03 bits per heavy atom. The van der Waals surface area contributed by atoms with Gasteiger partial charge in [0, 0.05) is 24.4 Å². The van der Waals surface area contributed by atoms with Crippen LogP contribution in [0.3, 0.4) is 0 Å². The minimum Gasteiger partial charge on any atom is -0.545 e. The Labute approximate surface area is 175 Å². The number of carboxylic acid groups (broad SMARTS) is 1. The molecule has 9 heteroatoms. The first-order valence-electron chi connectivity index (χ1n) is 8.02. The second-order valence-electron chi connectivity index (χ2n) is 5.88. The van der Waals surface area contributed by atoms with Crippen LogP contribution < -0.4 is 28.7 Å². The molecule has 4 nitrogen and oxygen atoms in total. The Kier molecular flexibility index (Phi) is 7.06. The van der Waals surface area contributed by atoms with Crippen LogP contribution in [0.5, 0.6) is 5.75 Å². The summed E-state index contributed by atoms with van der Waals surface area (Å²) >= 11 is 0. The van der Waals surface area contributed by atoms with E-state index in [1.54, 1.807) is 0 Å². The summed E-state index contributed by atoms with van der Waals surface area (Å²) in [5.41, 5.74) is 1.09. The molecule has 0 bridgehead atoms. The topological polar surface area (TPSA) is 62.2 Å². The third-order valence-corrected chi connectivity index (χ3v) is 3.96. The van der Waals surface area contributed by atoms with E-state index < -0.39 is 23.9 Å². The van der Waals surface area contributed by atoms with Crippen molar-refractivity contribution in [3.8, 4) is 16.9 Å². The number of hydrogen-bond acceptors (Lipinski definition) is 4. The predicted octanol–water partition coefficient (Wildman–Crippen LogP) is 0.745. The Bertz CT molecular complexity index is 1020. The summed E-state index contributed by atoms with van der Waals surface area (Å²) in [6.07, 6.45) is -2.24. The van der Waals surface area contributed by atoms with Gasteiger partial charge in [-0.05, 0) is 46.5 Å². The number of halogens is 4. The van der Waals surface area contributed by atoms with Crippen molar-refractivity contribution in [1.29, 1.82) is 0 Å². The van der Waals surface area contributed by atoms with E-state index in [1.807, 2.05) is 0 Å². The molecule has 0 aliphatic rings. The van der Waals surface area contributed by atoms with E-state index in [2.05, 4.69) is 9.72 Å². The van der Waals surface area contributed by atoms with E-state index in [0.29, 0.717) is 11.1 Å². The largest absolute Gasteiger partial charge is 1.00 e. The number of nitrogens with zero attached hydrogens (tertiary/aromatic N) is 1. The number of rotatable bonds is 5. The number of carbonyl (C=O) groups is 1. The summed E-state index contributed by atoms with van der Waals surface area (Å²) in [6, 6.07) is 10.6. The Morgan fingerprint density at radius 2 is 1.76 bits per heavy atom. The third kappa shape index (κ3) is 5.83. The van der Waals surface area contributed by atoms with Crippen molar-refractivity contribution in [3.63, 3.8) is 0 Å². The molecule has 3 rings (SSSR count). The van der Waals surface area contributed by atoms with E-state index in [-0.39, 0.29) is 42.0 Å². The first-order valence-corrected chi connectivity index (χ1v) is 8.02. The molecule has 2 aromatic carbocycles. The molecule has 0 saturated carbocycles. The van der Waals surface area contributed by atoms with Gasteiger partial charge in [0.05, 0.1) is 5.97 Å². The molecule has 144 valence electrons. The summed E-state index contributed by atoms with van der Waals surface area (Å²) in [6.45, 7) is 0. The summed E-state index contributed by atoms with van der Waals surface area (Å²) in [7, 11) is 0. The van der Waals surface area contributed by atoms with Crippen LogP contribution in [0.15, 0.2) is 60.9 Å². The number of pyridine rings is 1.